The van der Waals surface area contributed by atoms with E-state index >= 15 is 0 Å². The van der Waals surface area contributed by atoms with Gasteiger partial charge in [0.05, 0.1) is 0 Å². The number of halogens is 1. The van der Waals surface area contributed by atoms with Crippen LogP contribution in [0.15, 0.2) is 28.7 Å². The first-order chi connectivity index (χ1) is 9.15. The second-order valence-electron chi connectivity index (χ2n) is 5.32. The van der Waals surface area contributed by atoms with Crippen LogP contribution in [0.4, 0.5) is 5.69 Å². The molecule has 104 valence electrons. The third kappa shape index (κ3) is 4.62. The van der Waals surface area contributed by atoms with Gasteiger partial charge in [0.1, 0.15) is 0 Å². The quantitative estimate of drug-likeness (QED) is 0.891. The molecule has 1 heterocycles. The van der Waals surface area contributed by atoms with Crippen molar-refractivity contribution in [3.8, 4) is 0 Å². The Labute approximate surface area is 123 Å². The zero-order valence-electron chi connectivity index (χ0n) is 11.3. The van der Waals surface area contributed by atoms with E-state index in [1.165, 1.54) is 12.8 Å². The summed E-state index contributed by atoms with van der Waals surface area (Å²) in [6.07, 6.45) is 2.99. The highest BCUT2D eigenvalue weighted by Crippen LogP contribution is 2.24. The smallest absolute Gasteiger partial charge is 0.224 e. The summed E-state index contributed by atoms with van der Waals surface area (Å²) in [4.78, 5) is 12.0. The normalized spacial score (nSPS) is 18.0. The van der Waals surface area contributed by atoms with Crippen LogP contribution in [0.5, 0.6) is 0 Å². The van der Waals surface area contributed by atoms with Crippen LogP contribution in [0.25, 0.3) is 0 Å². The average molecular weight is 325 g/mol. The van der Waals surface area contributed by atoms with Crippen molar-refractivity contribution in [2.75, 3.05) is 18.4 Å². The predicted molar refractivity (Wildman–Crippen MR) is 82.1 cm³/mol. The first-order valence-corrected chi connectivity index (χ1v) is 7.70. The van der Waals surface area contributed by atoms with Crippen LogP contribution in [0, 0.1) is 11.8 Å². The summed E-state index contributed by atoms with van der Waals surface area (Å²) < 4.78 is 1.02. The minimum atomic E-state index is 0.119. The van der Waals surface area contributed by atoms with Gasteiger partial charge < -0.3 is 10.6 Å². The molecule has 1 saturated heterocycles. The van der Waals surface area contributed by atoms with E-state index in [-0.39, 0.29) is 5.91 Å². The first-order valence-electron chi connectivity index (χ1n) is 6.91. The van der Waals surface area contributed by atoms with Gasteiger partial charge in [0, 0.05) is 16.6 Å². The zero-order valence-corrected chi connectivity index (χ0v) is 12.9. The number of carbonyl (C=O) groups is 1. The Balaban J connectivity index is 1.81. The number of anilines is 1. The summed E-state index contributed by atoms with van der Waals surface area (Å²) >= 11 is 3.39. The lowest BCUT2D eigenvalue weighted by molar-refractivity contribution is -0.117. The van der Waals surface area contributed by atoms with Gasteiger partial charge in [0.15, 0.2) is 0 Å². The van der Waals surface area contributed by atoms with Crippen molar-refractivity contribution < 1.29 is 4.79 Å². The molecule has 0 radical (unpaired) electrons. The summed E-state index contributed by atoms with van der Waals surface area (Å²) in [5.74, 6) is 1.25. The van der Waals surface area contributed by atoms with Gasteiger partial charge in [-0.15, -0.1) is 0 Å². The van der Waals surface area contributed by atoms with E-state index in [1.54, 1.807) is 0 Å². The SMILES string of the molecule is CC(CC(=O)Nc1ccc(Br)cc1)C1CCNCC1. The van der Waals surface area contributed by atoms with Gasteiger partial charge in [-0.3, -0.25) is 4.79 Å². The number of hydrogen-bond donors (Lipinski definition) is 2. The van der Waals surface area contributed by atoms with Gasteiger partial charge in [-0.05, 0) is 62.0 Å². The molecule has 1 atom stereocenters. The molecule has 3 nitrogen and oxygen atoms in total. The Hall–Kier alpha value is -0.870. The molecule has 0 saturated carbocycles. The monoisotopic (exact) mass is 324 g/mol. The van der Waals surface area contributed by atoms with Crippen LogP contribution in [0.3, 0.4) is 0 Å². The second kappa shape index (κ2) is 7.06. The van der Waals surface area contributed by atoms with Crippen LogP contribution in [0.1, 0.15) is 26.2 Å². The zero-order chi connectivity index (χ0) is 13.7. The maximum atomic E-state index is 12.0. The van der Waals surface area contributed by atoms with Gasteiger partial charge in [-0.25, -0.2) is 0 Å². The molecule has 1 fully saturated rings. The van der Waals surface area contributed by atoms with E-state index in [0.717, 1.165) is 23.2 Å². The number of rotatable bonds is 4. The van der Waals surface area contributed by atoms with Crippen LogP contribution in [-0.2, 0) is 4.79 Å². The van der Waals surface area contributed by atoms with Crippen molar-refractivity contribution in [3.63, 3.8) is 0 Å². The summed E-state index contributed by atoms with van der Waals surface area (Å²) in [5.41, 5.74) is 0.866. The van der Waals surface area contributed by atoms with E-state index < -0.39 is 0 Å². The maximum absolute atomic E-state index is 12.0. The fourth-order valence-corrected chi connectivity index (χ4v) is 2.88. The third-order valence-electron chi connectivity index (χ3n) is 3.82. The maximum Gasteiger partial charge on any atom is 0.224 e. The van der Waals surface area contributed by atoms with Crippen molar-refractivity contribution in [3.05, 3.63) is 28.7 Å². The Bertz CT molecular complexity index is 413. The Morgan fingerprint density at radius 1 is 1.37 bits per heavy atom. The van der Waals surface area contributed by atoms with E-state index in [4.69, 9.17) is 0 Å². The Morgan fingerprint density at radius 2 is 2.00 bits per heavy atom. The highest BCUT2D eigenvalue weighted by Gasteiger charge is 2.21. The predicted octanol–water partition coefficient (Wildman–Crippen LogP) is 3.41. The number of hydrogen-bond acceptors (Lipinski definition) is 2. The molecule has 0 aromatic heterocycles. The van der Waals surface area contributed by atoms with Gasteiger partial charge in [-0.2, -0.15) is 0 Å². The van der Waals surface area contributed by atoms with Crippen molar-refractivity contribution in [1.29, 1.82) is 0 Å². The highest BCUT2D eigenvalue weighted by atomic mass is 79.9. The molecule has 4 heteroatoms. The summed E-state index contributed by atoms with van der Waals surface area (Å²) in [6.45, 7) is 4.36. The van der Waals surface area contributed by atoms with Crippen molar-refractivity contribution in [1.82, 2.24) is 5.32 Å². The molecular formula is C15H21BrN2O. The minimum Gasteiger partial charge on any atom is -0.326 e. The van der Waals surface area contributed by atoms with Crippen molar-refractivity contribution >= 4 is 27.5 Å². The Kier molecular flexibility index (Phi) is 5.40. The van der Waals surface area contributed by atoms with Crippen LogP contribution >= 0.6 is 15.9 Å². The summed E-state index contributed by atoms with van der Waals surface area (Å²) in [5, 5.41) is 6.33. The molecule has 1 aromatic carbocycles. The largest absolute Gasteiger partial charge is 0.326 e. The van der Waals surface area contributed by atoms with E-state index in [9.17, 15) is 4.79 Å². The first kappa shape index (κ1) is 14.5. The lowest BCUT2D eigenvalue weighted by Crippen LogP contribution is -2.32. The van der Waals surface area contributed by atoms with Gasteiger partial charge in [-0.1, -0.05) is 22.9 Å². The number of amides is 1. The van der Waals surface area contributed by atoms with Crippen LogP contribution in [0.2, 0.25) is 0 Å². The fraction of sp³-hybridized carbons (Fsp3) is 0.533. The lowest BCUT2D eigenvalue weighted by atomic mass is 9.84. The molecule has 0 bridgehead atoms. The molecule has 1 aliphatic heterocycles. The Morgan fingerprint density at radius 3 is 2.63 bits per heavy atom. The number of carbonyl (C=O) groups excluding carboxylic acids is 1. The molecule has 1 amide bonds. The molecule has 2 rings (SSSR count). The van der Waals surface area contributed by atoms with Crippen LogP contribution in [-0.4, -0.2) is 19.0 Å². The molecular weight excluding hydrogens is 304 g/mol. The average Bonchev–Trinajstić information content (AvgIpc) is 2.42. The van der Waals surface area contributed by atoms with Gasteiger partial charge in [0.2, 0.25) is 5.91 Å². The molecule has 1 aromatic rings. The summed E-state index contributed by atoms with van der Waals surface area (Å²) in [7, 11) is 0. The topological polar surface area (TPSA) is 41.1 Å². The van der Waals surface area contributed by atoms with Crippen LogP contribution < -0.4 is 10.6 Å². The minimum absolute atomic E-state index is 0.119. The van der Waals surface area contributed by atoms with Crippen molar-refractivity contribution in [2.45, 2.75) is 26.2 Å². The summed E-state index contributed by atoms with van der Waals surface area (Å²) in [6, 6.07) is 7.70. The molecule has 19 heavy (non-hydrogen) atoms. The standard InChI is InChI=1S/C15H21BrN2O/c1-11(12-6-8-17-9-7-12)10-15(19)18-14-4-2-13(16)3-5-14/h2-5,11-12,17H,6-10H2,1H3,(H,18,19). The third-order valence-corrected chi connectivity index (χ3v) is 4.35. The van der Waals surface area contributed by atoms with Gasteiger partial charge >= 0.3 is 0 Å². The highest BCUT2D eigenvalue weighted by molar-refractivity contribution is 9.10. The molecule has 0 spiro atoms. The van der Waals surface area contributed by atoms with Crippen molar-refractivity contribution in [2.24, 2.45) is 11.8 Å². The van der Waals surface area contributed by atoms with E-state index in [1.807, 2.05) is 24.3 Å². The number of piperidine rings is 1. The molecule has 0 aliphatic carbocycles. The molecule has 1 aliphatic rings. The van der Waals surface area contributed by atoms with E-state index in [0.29, 0.717) is 18.3 Å². The van der Waals surface area contributed by atoms with Gasteiger partial charge in [0.25, 0.3) is 0 Å². The number of benzene rings is 1. The van der Waals surface area contributed by atoms with E-state index in [2.05, 4.69) is 33.5 Å². The second-order valence-corrected chi connectivity index (χ2v) is 6.24. The fourth-order valence-electron chi connectivity index (χ4n) is 2.62. The molecule has 2 N–H and O–H groups in total. The lowest BCUT2D eigenvalue weighted by Gasteiger charge is -2.27. The number of nitrogens with one attached hydrogen (secondary N) is 2. The molecule has 1 unspecified atom stereocenters.